The molecule has 1 N–H and O–H groups in total. The summed E-state index contributed by atoms with van der Waals surface area (Å²) < 4.78 is 16.5. The molecule has 0 unspecified atom stereocenters. The average Bonchev–Trinajstić information content (AvgIpc) is 2.73. The van der Waals surface area contributed by atoms with E-state index in [1.807, 2.05) is 36.4 Å². The number of hydrazone groups is 1. The fourth-order valence-electron chi connectivity index (χ4n) is 2.47. The van der Waals surface area contributed by atoms with Crippen molar-refractivity contribution in [3.8, 4) is 17.2 Å². The lowest BCUT2D eigenvalue weighted by Gasteiger charge is -2.11. The van der Waals surface area contributed by atoms with E-state index < -0.39 is 0 Å². The van der Waals surface area contributed by atoms with Crippen LogP contribution >= 0.6 is 0 Å². The van der Waals surface area contributed by atoms with Crippen molar-refractivity contribution in [3.63, 3.8) is 0 Å². The first-order valence-electron chi connectivity index (χ1n) is 9.53. The zero-order chi connectivity index (χ0) is 20.0. The highest BCUT2D eigenvalue weighted by atomic mass is 16.5. The number of hydrogen-bond acceptors (Lipinski definition) is 5. The normalized spacial score (nSPS) is 10.6. The quantitative estimate of drug-likeness (QED) is 0.339. The maximum absolute atomic E-state index is 11.8. The van der Waals surface area contributed by atoms with Gasteiger partial charge < -0.3 is 14.2 Å². The SMILES string of the molecule is CCCCCCOc1ccc(/C=N/NC(=O)COc2ccccc2)cc1OC. The maximum Gasteiger partial charge on any atom is 0.277 e. The first kappa shape index (κ1) is 21.3. The van der Waals surface area contributed by atoms with Crippen LogP contribution in [0.15, 0.2) is 53.6 Å². The Kier molecular flexibility index (Phi) is 9.41. The number of ether oxygens (including phenoxy) is 3. The van der Waals surface area contributed by atoms with Crippen LogP contribution in [0, 0.1) is 0 Å². The predicted molar refractivity (Wildman–Crippen MR) is 110 cm³/mol. The monoisotopic (exact) mass is 384 g/mol. The lowest BCUT2D eigenvalue weighted by atomic mass is 10.2. The summed E-state index contributed by atoms with van der Waals surface area (Å²) in [5.41, 5.74) is 3.23. The zero-order valence-corrected chi connectivity index (χ0v) is 16.5. The predicted octanol–water partition coefficient (Wildman–Crippen LogP) is 4.18. The first-order valence-corrected chi connectivity index (χ1v) is 9.53. The van der Waals surface area contributed by atoms with Gasteiger partial charge in [0.25, 0.3) is 5.91 Å². The number of nitrogens with zero attached hydrogens (tertiary/aromatic N) is 1. The summed E-state index contributed by atoms with van der Waals surface area (Å²) in [6.45, 7) is 2.75. The van der Waals surface area contributed by atoms with E-state index in [9.17, 15) is 4.79 Å². The molecule has 6 heteroatoms. The van der Waals surface area contributed by atoms with E-state index in [0.29, 0.717) is 23.9 Å². The van der Waals surface area contributed by atoms with Crippen molar-refractivity contribution in [2.75, 3.05) is 20.3 Å². The number of methoxy groups -OCH3 is 1. The molecular formula is C22H28N2O4. The van der Waals surface area contributed by atoms with Crippen LogP contribution in [0.1, 0.15) is 38.2 Å². The molecule has 0 atom stereocenters. The van der Waals surface area contributed by atoms with Crippen LogP contribution < -0.4 is 19.6 Å². The molecule has 0 aliphatic carbocycles. The summed E-state index contributed by atoms with van der Waals surface area (Å²) in [7, 11) is 1.60. The van der Waals surface area contributed by atoms with Gasteiger partial charge in [0.05, 0.1) is 19.9 Å². The van der Waals surface area contributed by atoms with E-state index in [4.69, 9.17) is 14.2 Å². The third-order valence-corrected chi connectivity index (χ3v) is 3.96. The van der Waals surface area contributed by atoms with Gasteiger partial charge in [0, 0.05) is 0 Å². The van der Waals surface area contributed by atoms with Gasteiger partial charge in [-0.15, -0.1) is 0 Å². The number of amides is 1. The van der Waals surface area contributed by atoms with Gasteiger partial charge in [-0.05, 0) is 42.3 Å². The molecule has 0 radical (unpaired) electrons. The molecule has 2 rings (SSSR count). The molecule has 28 heavy (non-hydrogen) atoms. The molecule has 0 bridgehead atoms. The first-order chi connectivity index (χ1) is 13.7. The summed E-state index contributed by atoms with van der Waals surface area (Å²) in [5, 5.41) is 3.95. The van der Waals surface area contributed by atoms with E-state index >= 15 is 0 Å². The Morgan fingerprint density at radius 2 is 1.86 bits per heavy atom. The second-order valence-corrected chi connectivity index (χ2v) is 6.21. The smallest absolute Gasteiger partial charge is 0.277 e. The van der Waals surface area contributed by atoms with Crippen molar-refractivity contribution in [2.24, 2.45) is 5.10 Å². The van der Waals surface area contributed by atoms with Crippen LogP contribution in [0.3, 0.4) is 0 Å². The summed E-state index contributed by atoms with van der Waals surface area (Å²) in [4.78, 5) is 11.8. The van der Waals surface area contributed by atoms with Crippen molar-refractivity contribution < 1.29 is 19.0 Å². The van der Waals surface area contributed by atoms with Gasteiger partial charge in [-0.25, -0.2) is 5.43 Å². The third-order valence-electron chi connectivity index (χ3n) is 3.96. The lowest BCUT2D eigenvalue weighted by Crippen LogP contribution is -2.24. The number of benzene rings is 2. The van der Waals surface area contributed by atoms with Crippen LogP contribution in [-0.2, 0) is 4.79 Å². The fourth-order valence-corrected chi connectivity index (χ4v) is 2.47. The molecule has 0 saturated carbocycles. The Bertz CT molecular complexity index is 747. The van der Waals surface area contributed by atoms with Crippen LogP contribution in [0.5, 0.6) is 17.2 Å². The van der Waals surface area contributed by atoms with E-state index in [-0.39, 0.29) is 12.5 Å². The summed E-state index contributed by atoms with van der Waals surface area (Å²) in [5.74, 6) is 1.64. The molecule has 2 aromatic carbocycles. The maximum atomic E-state index is 11.8. The third kappa shape index (κ3) is 7.70. The molecule has 150 valence electrons. The Labute approximate surface area is 166 Å². The number of carbonyl (C=O) groups is 1. The standard InChI is InChI=1S/C22H28N2O4/c1-3-4-5-9-14-27-20-13-12-18(15-21(20)26-2)16-23-24-22(25)17-28-19-10-7-6-8-11-19/h6-8,10-13,15-16H,3-5,9,14,17H2,1-2H3,(H,24,25)/b23-16+. The van der Waals surface area contributed by atoms with Crippen molar-refractivity contribution >= 4 is 12.1 Å². The van der Waals surface area contributed by atoms with Crippen molar-refractivity contribution in [1.82, 2.24) is 5.43 Å². The molecule has 2 aromatic rings. The Balaban J connectivity index is 1.79. The summed E-state index contributed by atoms with van der Waals surface area (Å²) in [6.07, 6.45) is 6.16. The second kappa shape index (κ2) is 12.4. The number of nitrogens with one attached hydrogen (secondary N) is 1. The van der Waals surface area contributed by atoms with Gasteiger partial charge in [-0.2, -0.15) is 5.10 Å². The molecule has 0 fully saturated rings. The Morgan fingerprint density at radius 3 is 2.61 bits per heavy atom. The molecule has 0 aliphatic heterocycles. The molecule has 0 spiro atoms. The van der Waals surface area contributed by atoms with E-state index in [1.165, 1.54) is 12.8 Å². The summed E-state index contributed by atoms with van der Waals surface area (Å²) >= 11 is 0. The highest BCUT2D eigenvalue weighted by Gasteiger charge is 2.05. The number of hydrogen-bond donors (Lipinski definition) is 1. The van der Waals surface area contributed by atoms with Gasteiger partial charge in [0.2, 0.25) is 0 Å². The number of para-hydroxylation sites is 1. The van der Waals surface area contributed by atoms with Crippen LogP contribution in [0.25, 0.3) is 0 Å². The van der Waals surface area contributed by atoms with E-state index in [0.717, 1.165) is 18.4 Å². The highest BCUT2D eigenvalue weighted by Crippen LogP contribution is 2.27. The molecule has 0 saturated heterocycles. The van der Waals surface area contributed by atoms with E-state index in [2.05, 4.69) is 17.5 Å². The zero-order valence-electron chi connectivity index (χ0n) is 16.5. The van der Waals surface area contributed by atoms with E-state index in [1.54, 1.807) is 25.5 Å². The van der Waals surface area contributed by atoms with Crippen LogP contribution in [0.2, 0.25) is 0 Å². The Hall–Kier alpha value is -3.02. The fraction of sp³-hybridized carbons (Fsp3) is 0.364. The van der Waals surface area contributed by atoms with Gasteiger partial charge >= 0.3 is 0 Å². The summed E-state index contributed by atoms with van der Waals surface area (Å²) in [6, 6.07) is 14.7. The van der Waals surface area contributed by atoms with Gasteiger partial charge in [-0.1, -0.05) is 44.4 Å². The van der Waals surface area contributed by atoms with Gasteiger partial charge in [0.15, 0.2) is 18.1 Å². The number of unbranched alkanes of at least 4 members (excludes halogenated alkanes) is 3. The van der Waals surface area contributed by atoms with Crippen LogP contribution in [0.4, 0.5) is 0 Å². The van der Waals surface area contributed by atoms with Crippen molar-refractivity contribution in [1.29, 1.82) is 0 Å². The average molecular weight is 384 g/mol. The minimum absolute atomic E-state index is 0.102. The van der Waals surface area contributed by atoms with Gasteiger partial charge in [0.1, 0.15) is 5.75 Å². The molecule has 0 aliphatic rings. The molecule has 0 aromatic heterocycles. The second-order valence-electron chi connectivity index (χ2n) is 6.21. The van der Waals surface area contributed by atoms with Crippen molar-refractivity contribution in [3.05, 3.63) is 54.1 Å². The van der Waals surface area contributed by atoms with Gasteiger partial charge in [-0.3, -0.25) is 4.79 Å². The van der Waals surface area contributed by atoms with Crippen molar-refractivity contribution in [2.45, 2.75) is 32.6 Å². The number of rotatable bonds is 12. The topological polar surface area (TPSA) is 69.2 Å². The van der Waals surface area contributed by atoms with Crippen LogP contribution in [-0.4, -0.2) is 32.4 Å². The largest absolute Gasteiger partial charge is 0.493 e. The Morgan fingerprint density at radius 1 is 1.04 bits per heavy atom. The number of carbonyl (C=O) groups excluding carboxylic acids is 1. The highest BCUT2D eigenvalue weighted by molar-refractivity contribution is 5.83. The molecule has 6 nitrogen and oxygen atoms in total. The minimum atomic E-state index is -0.334. The lowest BCUT2D eigenvalue weighted by molar-refractivity contribution is -0.123. The molecule has 0 heterocycles. The molecular weight excluding hydrogens is 356 g/mol. The molecule has 1 amide bonds. The minimum Gasteiger partial charge on any atom is -0.493 e.